The molecule has 0 heterocycles. The molecule has 0 rings (SSSR count). The molecule has 0 unspecified atom stereocenters. The van der Waals surface area contributed by atoms with Crippen molar-refractivity contribution in [3.63, 3.8) is 0 Å². The Morgan fingerprint density at radius 3 is 1.08 bits per heavy atom. The lowest BCUT2D eigenvalue weighted by Crippen LogP contribution is -2.30. The normalized spacial score (nSPS) is 13.1. The fraction of sp³-hybridized carbons (Fsp3) is 0.611. The molecule has 60 heavy (non-hydrogen) atoms. The first-order valence-electron chi connectivity index (χ1n) is 23.9. The van der Waals surface area contributed by atoms with Crippen LogP contribution in [0.4, 0.5) is 0 Å². The molecule has 338 valence electrons. The minimum absolute atomic E-state index is 0.113. The average Bonchev–Trinajstić information content (AvgIpc) is 3.24. The predicted molar refractivity (Wildman–Crippen MR) is 256 cm³/mol. The molecule has 0 saturated heterocycles. The lowest BCUT2D eigenvalue weighted by atomic mass is 10.1. The fourth-order valence-electron chi connectivity index (χ4n) is 6.00. The van der Waals surface area contributed by atoms with E-state index in [0.29, 0.717) is 19.3 Å². The number of carbonyl (C=O) groups is 3. The summed E-state index contributed by atoms with van der Waals surface area (Å²) in [7, 11) is 0. The molecule has 0 fully saturated rings. The maximum atomic E-state index is 12.7. The lowest BCUT2D eigenvalue weighted by Gasteiger charge is -2.18. The minimum atomic E-state index is -0.821. The first-order chi connectivity index (χ1) is 29.5. The van der Waals surface area contributed by atoms with Gasteiger partial charge in [-0.15, -0.1) is 0 Å². The van der Waals surface area contributed by atoms with Gasteiger partial charge in [0.1, 0.15) is 13.2 Å². The highest BCUT2D eigenvalue weighted by molar-refractivity contribution is 5.71. The molecule has 0 aliphatic heterocycles. The van der Waals surface area contributed by atoms with Crippen LogP contribution in [0.15, 0.2) is 109 Å². The van der Waals surface area contributed by atoms with Crippen molar-refractivity contribution in [3.05, 3.63) is 109 Å². The quantitative estimate of drug-likeness (QED) is 0.0264. The second-order valence-corrected chi connectivity index (χ2v) is 15.3. The van der Waals surface area contributed by atoms with Crippen LogP contribution in [0, 0.1) is 0 Å². The molecular formula is C54H86O6. The topological polar surface area (TPSA) is 78.9 Å². The van der Waals surface area contributed by atoms with Crippen molar-refractivity contribution in [2.24, 2.45) is 0 Å². The van der Waals surface area contributed by atoms with Crippen LogP contribution in [0.5, 0.6) is 0 Å². The number of hydrogen-bond donors (Lipinski definition) is 0. The lowest BCUT2D eigenvalue weighted by molar-refractivity contribution is -0.167. The summed E-state index contributed by atoms with van der Waals surface area (Å²) in [6, 6.07) is 0. The standard InChI is InChI=1S/C54H86O6/c1-4-7-10-13-16-19-22-24-26-27-29-30-32-35-38-41-44-47-53(56)59-50-51(49-58-52(55)46-43-40-37-34-21-18-15-12-9-6-3)60-54(57)48-45-42-39-36-33-31-28-25-23-20-17-14-11-8-5-2/h7-8,10-11,16-17,19-20,24-26,28-30,33,35-36,38,51H,4-6,9,12-15,18,21-23,27,31-32,34,37,39-50H2,1-3H3/b10-7-,11-8-,19-16-,20-17-,26-24-,28-25-,30-29-,36-33-,38-35-/t51-/m1/s1. The van der Waals surface area contributed by atoms with E-state index in [1.165, 1.54) is 44.9 Å². The zero-order chi connectivity index (χ0) is 43.7. The van der Waals surface area contributed by atoms with Crippen molar-refractivity contribution >= 4 is 17.9 Å². The van der Waals surface area contributed by atoms with E-state index < -0.39 is 6.10 Å². The summed E-state index contributed by atoms with van der Waals surface area (Å²) in [4.78, 5) is 37.8. The van der Waals surface area contributed by atoms with Crippen LogP contribution in [0.2, 0.25) is 0 Å². The van der Waals surface area contributed by atoms with Crippen LogP contribution in [0.3, 0.4) is 0 Å². The van der Waals surface area contributed by atoms with Gasteiger partial charge in [0.25, 0.3) is 0 Å². The highest BCUT2D eigenvalue weighted by atomic mass is 16.6. The van der Waals surface area contributed by atoms with Gasteiger partial charge in [0, 0.05) is 19.3 Å². The number of hydrogen-bond acceptors (Lipinski definition) is 6. The Kier molecular flexibility index (Phi) is 44.6. The van der Waals surface area contributed by atoms with E-state index in [4.69, 9.17) is 14.2 Å². The molecule has 0 spiro atoms. The average molecular weight is 831 g/mol. The molecule has 0 aliphatic carbocycles. The number of carbonyl (C=O) groups excluding carboxylic acids is 3. The van der Waals surface area contributed by atoms with Gasteiger partial charge < -0.3 is 14.2 Å². The summed E-state index contributed by atoms with van der Waals surface area (Å²) in [5.74, 6) is -1.03. The summed E-state index contributed by atoms with van der Waals surface area (Å²) < 4.78 is 16.6. The van der Waals surface area contributed by atoms with E-state index in [2.05, 4.69) is 130 Å². The fourth-order valence-corrected chi connectivity index (χ4v) is 6.00. The van der Waals surface area contributed by atoms with Gasteiger partial charge in [-0.05, 0) is 96.3 Å². The van der Waals surface area contributed by atoms with Gasteiger partial charge in [0.15, 0.2) is 6.10 Å². The van der Waals surface area contributed by atoms with Gasteiger partial charge in [-0.1, -0.05) is 188 Å². The smallest absolute Gasteiger partial charge is 0.306 e. The van der Waals surface area contributed by atoms with Gasteiger partial charge in [0.2, 0.25) is 0 Å². The first kappa shape index (κ1) is 56.1. The molecule has 0 amide bonds. The number of ether oxygens (including phenoxy) is 3. The van der Waals surface area contributed by atoms with Crippen LogP contribution < -0.4 is 0 Å². The second kappa shape index (κ2) is 47.7. The predicted octanol–water partition coefficient (Wildman–Crippen LogP) is 15.6. The maximum absolute atomic E-state index is 12.7. The van der Waals surface area contributed by atoms with Crippen LogP contribution in [-0.2, 0) is 28.6 Å². The van der Waals surface area contributed by atoms with Gasteiger partial charge in [-0.2, -0.15) is 0 Å². The summed E-state index contributed by atoms with van der Waals surface area (Å²) in [5, 5.41) is 0. The van der Waals surface area contributed by atoms with Crippen molar-refractivity contribution in [3.8, 4) is 0 Å². The first-order valence-corrected chi connectivity index (χ1v) is 23.9. The third kappa shape index (κ3) is 45.2. The van der Waals surface area contributed by atoms with E-state index in [-0.39, 0.29) is 44.0 Å². The van der Waals surface area contributed by atoms with Crippen LogP contribution >= 0.6 is 0 Å². The Morgan fingerprint density at radius 2 is 0.667 bits per heavy atom. The number of allylic oxidation sites excluding steroid dienone is 18. The van der Waals surface area contributed by atoms with Crippen molar-refractivity contribution < 1.29 is 28.6 Å². The van der Waals surface area contributed by atoms with Crippen molar-refractivity contribution in [1.29, 1.82) is 0 Å². The Labute approximate surface area is 368 Å². The summed E-state index contributed by atoms with van der Waals surface area (Å²) in [6.07, 6.45) is 63.6. The van der Waals surface area contributed by atoms with Crippen LogP contribution in [0.1, 0.15) is 194 Å². The number of unbranched alkanes of at least 4 members (excludes halogenated alkanes) is 12. The Morgan fingerprint density at radius 1 is 0.350 bits per heavy atom. The largest absolute Gasteiger partial charge is 0.462 e. The zero-order valence-electron chi connectivity index (χ0n) is 38.4. The molecule has 0 radical (unpaired) electrons. The third-order valence-electron chi connectivity index (χ3n) is 9.52. The van der Waals surface area contributed by atoms with Crippen molar-refractivity contribution in [1.82, 2.24) is 0 Å². The maximum Gasteiger partial charge on any atom is 0.306 e. The summed E-state index contributed by atoms with van der Waals surface area (Å²) >= 11 is 0. The number of esters is 3. The van der Waals surface area contributed by atoms with E-state index in [9.17, 15) is 14.4 Å². The molecule has 0 N–H and O–H groups in total. The Balaban J connectivity index is 4.55. The molecule has 0 aliphatic rings. The van der Waals surface area contributed by atoms with Crippen molar-refractivity contribution in [2.75, 3.05) is 13.2 Å². The van der Waals surface area contributed by atoms with E-state index >= 15 is 0 Å². The Hall–Kier alpha value is -3.93. The number of rotatable bonds is 41. The molecule has 6 nitrogen and oxygen atoms in total. The van der Waals surface area contributed by atoms with Gasteiger partial charge in [-0.3, -0.25) is 14.4 Å². The molecule has 0 saturated carbocycles. The monoisotopic (exact) mass is 831 g/mol. The molecule has 1 atom stereocenters. The molecule has 6 heteroatoms. The zero-order valence-corrected chi connectivity index (χ0v) is 38.4. The molecule has 0 aromatic carbocycles. The highest BCUT2D eigenvalue weighted by Crippen LogP contribution is 2.13. The van der Waals surface area contributed by atoms with E-state index in [1.54, 1.807) is 0 Å². The van der Waals surface area contributed by atoms with E-state index in [0.717, 1.165) is 96.3 Å². The van der Waals surface area contributed by atoms with Gasteiger partial charge in [0.05, 0.1) is 0 Å². The van der Waals surface area contributed by atoms with Crippen LogP contribution in [-0.4, -0.2) is 37.2 Å². The van der Waals surface area contributed by atoms with E-state index in [1.807, 2.05) is 0 Å². The second-order valence-electron chi connectivity index (χ2n) is 15.3. The van der Waals surface area contributed by atoms with Crippen molar-refractivity contribution in [2.45, 2.75) is 200 Å². The van der Waals surface area contributed by atoms with Gasteiger partial charge in [-0.25, -0.2) is 0 Å². The highest BCUT2D eigenvalue weighted by Gasteiger charge is 2.19. The third-order valence-corrected chi connectivity index (χ3v) is 9.52. The SMILES string of the molecule is CC/C=C\C/C=C\C/C=C\C/C=C\C/C=C\CCCC(=O)OC[C@@H](COC(=O)CCCCCCCCCCCC)OC(=O)CCCC/C=C\C/C=C\C/C=C\C/C=C\CC. The minimum Gasteiger partial charge on any atom is -0.462 e. The molecule has 0 aromatic heterocycles. The summed E-state index contributed by atoms with van der Waals surface area (Å²) in [6.45, 7) is 6.28. The van der Waals surface area contributed by atoms with Gasteiger partial charge >= 0.3 is 17.9 Å². The Bertz CT molecular complexity index is 1280. The molecular weight excluding hydrogens is 745 g/mol. The molecule has 0 bridgehead atoms. The summed E-state index contributed by atoms with van der Waals surface area (Å²) in [5.41, 5.74) is 0. The molecule has 0 aromatic rings. The van der Waals surface area contributed by atoms with Crippen LogP contribution in [0.25, 0.3) is 0 Å².